The Labute approximate surface area is 115 Å². The van der Waals surface area contributed by atoms with Gasteiger partial charge in [0, 0.05) is 6.04 Å². The summed E-state index contributed by atoms with van der Waals surface area (Å²) in [7, 11) is 0. The lowest BCUT2D eigenvalue weighted by Crippen LogP contribution is -2.10. The number of benzene rings is 1. The number of H-pyrrole nitrogens is 1. The number of rotatable bonds is 4. The minimum Gasteiger partial charge on any atom is -0.330 e. The van der Waals surface area contributed by atoms with Crippen molar-refractivity contribution in [2.24, 2.45) is 5.92 Å². The number of nitrogens with zero attached hydrogens (tertiary/aromatic N) is 1. The average Bonchev–Trinajstić information content (AvgIpc) is 3.14. The number of aromatic amines is 1. The summed E-state index contributed by atoms with van der Waals surface area (Å²) in [5.41, 5.74) is 0.843. The molecular formula is C14H16F2N2S. The van der Waals surface area contributed by atoms with E-state index in [0.717, 1.165) is 18.9 Å². The molecule has 0 amide bonds. The zero-order valence-electron chi connectivity index (χ0n) is 10.7. The van der Waals surface area contributed by atoms with Crippen molar-refractivity contribution in [2.45, 2.75) is 38.6 Å². The van der Waals surface area contributed by atoms with Gasteiger partial charge in [-0.3, -0.25) is 0 Å². The van der Waals surface area contributed by atoms with Gasteiger partial charge in [0.2, 0.25) is 0 Å². The van der Waals surface area contributed by atoms with Crippen molar-refractivity contribution in [3.05, 3.63) is 28.5 Å². The molecule has 1 atom stereocenters. The Bertz CT molecular complexity index is 670. The first-order valence-corrected chi connectivity index (χ1v) is 7.10. The molecule has 1 fully saturated rings. The zero-order valence-corrected chi connectivity index (χ0v) is 11.6. The number of hydrogen-bond acceptors (Lipinski definition) is 1. The molecule has 1 unspecified atom stereocenters. The molecule has 1 N–H and O–H groups in total. The van der Waals surface area contributed by atoms with Crippen LogP contribution in [0.3, 0.4) is 0 Å². The van der Waals surface area contributed by atoms with Crippen LogP contribution in [-0.2, 0) is 0 Å². The zero-order chi connectivity index (χ0) is 13.6. The molecule has 3 rings (SSSR count). The van der Waals surface area contributed by atoms with Crippen LogP contribution in [0.5, 0.6) is 0 Å². The number of halogens is 2. The lowest BCUT2D eigenvalue weighted by atomic mass is 10.1. The largest absolute Gasteiger partial charge is 0.330 e. The van der Waals surface area contributed by atoms with E-state index in [1.807, 2.05) is 0 Å². The highest BCUT2D eigenvalue weighted by Crippen LogP contribution is 2.39. The Morgan fingerprint density at radius 2 is 2.16 bits per heavy atom. The van der Waals surface area contributed by atoms with Gasteiger partial charge in [0.05, 0.1) is 5.52 Å². The summed E-state index contributed by atoms with van der Waals surface area (Å²) in [4.78, 5) is 2.97. The van der Waals surface area contributed by atoms with Crippen LogP contribution < -0.4 is 0 Å². The topological polar surface area (TPSA) is 20.7 Å². The van der Waals surface area contributed by atoms with Crippen molar-refractivity contribution < 1.29 is 8.78 Å². The quantitative estimate of drug-likeness (QED) is 0.804. The lowest BCUT2D eigenvalue weighted by Gasteiger charge is -2.17. The van der Waals surface area contributed by atoms with Gasteiger partial charge in [-0.2, -0.15) is 0 Å². The van der Waals surface area contributed by atoms with Crippen LogP contribution in [0.2, 0.25) is 0 Å². The first-order valence-electron chi connectivity index (χ1n) is 6.70. The van der Waals surface area contributed by atoms with E-state index in [9.17, 15) is 8.78 Å². The van der Waals surface area contributed by atoms with Crippen LogP contribution in [0.1, 0.15) is 38.6 Å². The van der Waals surface area contributed by atoms with Crippen molar-refractivity contribution in [3.8, 4) is 0 Å². The molecule has 1 aliphatic carbocycles. The monoisotopic (exact) mass is 282 g/mol. The van der Waals surface area contributed by atoms with E-state index in [4.69, 9.17) is 12.2 Å². The molecule has 0 aliphatic heterocycles. The smallest absolute Gasteiger partial charge is 0.184 e. The third-order valence-corrected chi connectivity index (χ3v) is 4.21. The molecule has 1 aromatic carbocycles. The highest BCUT2D eigenvalue weighted by molar-refractivity contribution is 7.71. The summed E-state index contributed by atoms with van der Waals surface area (Å²) in [5.74, 6) is -0.913. The van der Waals surface area contributed by atoms with E-state index < -0.39 is 11.6 Å². The van der Waals surface area contributed by atoms with E-state index in [-0.39, 0.29) is 11.6 Å². The molecule has 102 valence electrons. The van der Waals surface area contributed by atoms with E-state index >= 15 is 0 Å². The van der Waals surface area contributed by atoms with Crippen LogP contribution in [-0.4, -0.2) is 9.55 Å². The maximum Gasteiger partial charge on any atom is 0.184 e. The Morgan fingerprint density at radius 3 is 2.79 bits per heavy atom. The summed E-state index contributed by atoms with van der Waals surface area (Å²) >= 11 is 5.29. The number of fused-ring (bicyclic) bond motifs is 1. The fraction of sp³-hybridized carbons (Fsp3) is 0.500. The highest BCUT2D eigenvalue weighted by atomic mass is 32.1. The summed E-state index contributed by atoms with van der Waals surface area (Å²) in [6.07, 6.45) is 4.34. The molecular weight excluding hydrogens is 266 g/mol. The molecule has 19 heavy (non-hydrogen) atoms. The van der Waals surface area contributed by atoms with E-state index in [1.54, 1.807) is 10.6 Å². The fourth-order valence-electron chi connectivity index (χ4n) is 2.69. The summed E-state index contributed by atoms with van der Waals surface area (Å²) in [6, 6.07) is 2.82. The van der Waals surface area contributed by atoms with Crippen molar-refractivity contribution >= 4 is 23.3 Å². The van der Waals surface area contributed by atoms with Crippen LogP contribution in [0.15, 0.2) is 12.1 Å². The minimum absolute atomic E-state index is 0.144. The average molecular weight is 282 g/mol. The second-order valence-corrected chi connectivity index (χ2v) is 5.69. The van der Waals surface area contributed by atoms with Gasteiger partial charge in [0.15, 0.2) is 16.4 Å². The fourth-order valence-corrected chi connectivity index (χ4v) is 3.04. The van der Waals surface area contributed by atoms with Crippen molar-refractivity contribution in [1.82, 2.24) is 9.55 Å². The first kappa shape index (κ1) is 12.8. The Hall–Kier alpha value is -1.23. The molecule has 0 saturated heterocycles. The molecule has 2 nitrogen and oxygen atoms in total. The maximum atomic E-state index is 14.1. The normalized spacial score (nSPS) is 17.0. The molecule has 1 aromatic heterocycles. The van der Waals surface area contributed by atoms with Crippen LogP contribution in [0, 0.1) is 22.3 Å². The Balaban J connectivity index is 2.17. The molecule has 0 spiro atoms. The minimum atomic E-state index is -0.823. The maximum absolute atomic E-state index is 14.1. The molecule has 2 aromatic rings. The van der Waals surface area contributed by atoms with E-state index in [0.29, 0.717) is 16.2 Å². The lowest BCUT2D eigenvalue weighted by molar-refractivity contribution is 0.426. The number of nitrogens with one attached hydrogen (secondary N) is 1. The summed E-state index contributed by atoms with van der Waals surface area (Å²) in [6.45, 7) is 2.06. The predicted octanol–water partition coefficient (Wildman–Crippen LogP) is 4.73. The molecule has 1 aliphatic rings. The van der Waals surface area contributed by atoms with Gasteiger partial charge >= 0.3 is 0 Å². The summed E-state index contributed by atoms with van der Waals surface area (Å²) < 4.78 is 29.7. The standard InChI is InChI=1S/C14H16F2N2S/c1-2-9(7-8-3-4-8)18-13-11(17-14(18)19)6-5-10(15)12(13)16/h5-6,8-9H,2-4,7H2,1H3,(H,17,19). The van der Waals surface area contributed by atoms with Crippen molar-refractivity contribution in [1.29, 1.82) is 0 Å². The third-order valence-electron chi connectivity index (χ3n) is 3.91. The van der Waals surface area contributed by atoms with Gasteiger partial charge in [-0.05, 0) is 43.1 Å². The summed E-state index contributed by atoms with van der Waals surface area (Å²) in [5, 5.41) is 0. The van der Waals surface area contributed by atoms with Crippen molar-refractivity contribution in [2.75, 3.05) is 0 Å². The molecule has 0 bridgehead atoms. The van der Waals surface area contributed by atoms with E-state index in [1.165, 1.54) is 12.8 Å². The molecule has 1 saturated carbocycles. The van der Waals surface area contributed by atoms with Gasteiger partial charge in [-0.25, -0.2) is 8.78 Å². The Morgan fingerprint density at radius 1 is 1.42 bits per heavy atom. The number of imidazole rings is 1. The van der Waals surface area contributed by atoms with Gasteiger partial charge in [-0.15, -0.1) is 0 Å². The first-order chi connectivity index (χ1) is 9.11. The van der Waals surface area contributed by atoms with Gasteiger partial charge in [-0.1, -0.05) is 19.8 Å². The molecule has 0 radical (unpaired) electrons. The molecule has 1 heterocycles. The SMILES string of the molecule is CCC(CC1CC1)n1c(=S)[nH]c2ccc(F)c(F)c21. The number of hydrogen-bond donors (Lipinski definition) is 1. The van der Waals surface area contributed by atoms with Gasteiger partial charge in [0.25, 0.3) is 0 Å². The van der Waals surface area contributed by atoms with Gasteiger partial charge < -0.3 is 9.55 Å². The van der Waals surface area contributed by atoms with Crippen molar-refractivity contribution in [3.63, 3.8) is 0 Å². The highest BCUT2D eigenvalue weighted by Gasteiger charge is 2.27. The second-order valence-electron chi connectivity index (χ2n) is 5.30. The predicted molar refractivity (Wildman–Crippen MR) is 73.7 cm³/mol. The third kappa shape index (κ3) is 2.20. The molecule has 5 heteroatoms. The van der Waals surface area contributed by atoms with Gasteiger partial charge in [0.1, 0.15) is 5.52 Å². The Kier molecular flexibility index (Phi) is 3.17. The van der Waals surface area contributed by atoms with E-state index in [2.05, 4.69) is 11.9 Å². The van der Waals surface area contributed by atoms with Crippen LogP contribution in [0.4, 0.5) is 8.78 Å². The number of aromatic nitrogens is 2. The van der Waals surface area contributed by atoms with Crippen LogP contribution in [0.25, 0.3) is 11.0 Å². The van der Waals surface area contributed by atoms with Crippen LogP contribution >= 0.6 is 12.2 Å². The second kappa shape index (κ2) is 4.71.